The van der Waals surface area contributed by atoms with Crippen molar-refractivity contribution in [3.8, 4) is 0 Å². The Hall–Kier alpha value is -1.37. The standard InChI is InChI=1S/C14H17N/c1-3-7-13(8-4-1)11-15-12-14-9-5-2-6-10-14/h3,5,7-11H,1-2,4,6,12H2/b15-11+. The molecular formula is C14H17N. The smallest absolute Gasteiger partial charge is 0.0636 e. The van der Waals surface area contributed by atoms with E-state index in [9.17, 15) is 0 Å². The Labute approximate surface area is 91.6 Å². The predicted octanol–water partition coefficient (Wildman–Crippen LogP) is 3.61. The van der Waals surface area contributed by atoms with Crippen molar-refractivity contribution >= 4 is 6.21 Å². The highest BCUT2D eigenvalue weighted by atomic mass is 14.7. The summed E-state index contributed by atoms with van der Waals surface area (Å²) in [6.07, 6.45) is 20.0. The summed E-state index contributed by atoms with van der Waals surface area (Å²) >= 11 is 0. The Kier molecular flexibility index (Phi) is 3.72. The highest BCUT2D eigenvalue weighted by Crippen LogP contribution is 2.10. The third-order valence-electron chi connectivity index (χ3n) is 2.61. The molecule has 0 N–H and O–H groups in total. The van der Waals surface area contributed by atoms with E-state index in [4.69, 9.17) is 0 Å². The summed E-state index contributed by atoms with van der Waals surface area (Å²) < 4.78 is 0. The Balaban J connectivity index is 1.84. The molecule has 0 aromatic carbocycles. The molecule has 2 aliphatic rings. The molecule has 2 aliphatic carbocycles. The van der Waals surface area contributed by atoms with Gasteiger partial charge in [-0.1, -0.05) is 36.5 Å². The second-order valence-corrected chi connectivity index (χ2v) is 3.91. The average Bonchev–Trinajstić information content (AvgIpc) is 2.32. The molecule has 0 saturated heterocycles. The van der Waals surface area contributed by atoms with Gasteiger partial charge in [-0.3, -0.25) is 4.99 Å². The topological polar surface area (TPSA) is 12.4 Å². The summed E-state index contributed by atoms with van der Waals surface area (Å²) in [5.74, 6) is 0. The molecular weight excluding hydrogens is 182 g/mol. The van der Waals surface area contributed by atoms with Crippen LogP contribution in [0.2, 0.25) is 0 Å². The predicted molar refractivity (Wildman–Crippen MR) is 66.3 cm³/mol. The fourth-order valence-corrected chi connectivity index (χ4v) is 1.77. The Morgan fingerprint density at radius 2 is 1.80 bits per heavy atom. The molecule has 15 heavy (non-hydrogen) atoms. The third kappa shape index (κ3) is 3.35. The second-order valence-electron chi connectivity index (χ2n) is 3.91. The Morgan fingerprint density at radius 3 is 2.47 bits per heavy atom. The Bertz CT molecular complexity index is 354. The van der Waals surface area contributed by atoms with Crippen LogP contribution in [0.5, 0.6) is 0 Å². The maximum Gasteiger partial charge on any atom is 0.0636 e. The first-order valence-electron chi connectivity index (χ1n) is 5.67. The summed E-state index contributed by atoms with van der Waals surface area (Å²) in [5, 5.41) is 0. The lowest BCUT2D eigenvalue weighted by atomic mass is 10.1. The number of nitrogens with zero attached hydrogens (tertiary/aromatic N) is 1. The molecule has 0 bridgehead atoms. The van der Waals surface area contributed by atoms with Crippen molar-refractivity contribution in [3.05, 3.63) is 47.6 Å². The fourth-order valence-electron chi connectivity index (χ4n) is 1.77. The van der Waals surface area contributed by atoms with Crippen molar-refractivity contribution in [1.82, 2.24) is 0 Å². The molecule has 1 heteroatoms. The lowest BCUT2D eigenvalue weighted by Crippen LogP contribution is -1.92. The first kappa shape index (κ1) is 10.2. The highest BCUT2D eigenvalue weighted by Gasteiger charge is 1.96. The van der Waals surface area contributed by atoms with Gasteiger partial charge in [-0.25, -0.2) is 0 Å². The van der Waals surface area contributed by atoms with Crippen LogP contribution in [0.25, 0.3) is 0 Å². The fraction of sp³-hybridized carbons (Fsp3) is 0.357. The molecule has 1 nitrogen and oxygen atoms in total. The monoisotopic (exact) mass is 199 g/mol. The SMILES string of the molecule is C1=CC(/C=N/CC2=CCCC=C2)=CCC1. The van der Waals surface area contributed by atoms with E-state index in [1.54, 1.807) is 0 Å². The quantitative estimate of drug-likeness (QED) is 0.616. The molecule has 0 aliphatic heterocycles. The van der Waals surface area contributed by atoms with E-state index in [-0.39, 0.29) is 0 Å². The molecule has 0 spiro atoms. The van der Waals surface area contributed by atoms with Gasteiger partial charge in [-0.05, 0) is 36.8 Å². The molecule has 0 aromatic heterocycles. The minimum absolute atomic E-state index is 0.821. The van der Waals surface area contributed by atoms with Gasteiger partial charge in [0, 0.05) is 6.21 Å². The van der Waals surface area contributed by atoms with Crippen LogP contribution in [-0.2, 0) is 0 Å². The van der Waals surface area contributed by atoms with Crippen molar-refractivity contribution in [3.63, 3.8) is 0 Å². The van der Waals surface area contributed by atoms with Gasteiger partial charge in [-0.15, -0.1) is 0 Å². The van der Waals surface area contributed by atoms with E-state index < -0.39 is 0 Å². The number of aliphatic imine (C=N–C) groups is 1. The van der Waals surface area contributed by atoms with Crippen LogP contribution in [0.4, 0.5) is 0 Å². The zero-order valence-electron chi connectivity index (χ0n) is 9.02. The van der Waals surface area contributed by atoms with Crippen molar-refractivity contribution in [2.24, 2.45) is 4.99 Å². The molecule has 78 valence electrons. The summed E-state index contributed by atoms with van der Waals surface area (Å²) in [6, 6.07) is 0. The molecule has 0 radical (unpaired) electrons. The van der Waals surface area contributed by atoms with Crippen LogP contribution in [0.3, 0.4) is 0 Å². The molecule has 0 saturated carbocycles. The largest absolute Gasteiger partial charge is 0.288 e. The van der Waals surface area contributed by atoms with E-state index in [2.05, 4.69) is 41.4 Å². The highest BCUT2D eigenvalue weighted by molar-refractivity contribution is 5.82. The van der Waals surface area contributed by atoms with Crippen LogP contribution in [-0.4, -0.2) is 12.8 Å². The molecule has 0 heterocycles. The normalized spacial score (nSPS) is 20.5. The van der Waals surface area contributed by atoms with E-state index in [1.165, 1.54) is 30.4 Å². The van der Waals surface area contributed by atoms with Crippen LogP contribution >= 0.6 is 0 Å². The maximum absolute atomic E-state index is 4.45. The van der Waals surface area contributed by atoms with Crippen LogP contribution in [0.15, 0.2) is 52.6 Å². The van der Waals surface area contributed by atoms with Gasteiger partial charge in [0.2, 0.25) is 0 Å². The molecule has 0 unspecified atom stereocenters. The van der Waals surface area contributed by atoms with Gasteiger partial charge in [-0.2, -0.15) is 0 Å². The first-order valence-corrected chi connectivity index (χ1v) is 5.67. The Morgan fingerprint density at radius 1 is 1.00 bits per heavy atom. The minimum atomic E-state index is 0.821. The summed E-state index contributed by atoms with van der Waals surface area (Å²) in [6.45, 7) is 0.821. The first-order chi connectivity index (χ1) is 7.45. The molecule has 0 atom stereocenters. The number of hydrogen-bond acceptors (Lipinski definition) is 1. The summed E-state index contributed by atoms with van der Waals surface area (Å²) in [7, 11) is 0. The van der Waals surface area contributed by atoms with Crippen molar-refractivity contribution in [2.75, 3.05) is 6.54 Å². The lowest BCUT2D eigenvalue weighted by Gasteiger charge is -2.03. The van der Waals surface area contributed by atoms with E-state index in [0.29, 0.717) is 0 Å². The van der Waals surface area contributed by atoms with Gasteiger partial charge >= 0.3 is 0 Å². The summed E-state index contributed by atoms with van der Waals surface area (Å²) in [5.41, 5.74) is 2.60. The van der Waals surface area contributed by atoms with Crippen LogP contribution in [0.1, 0.15) is 25.7 Å². The molecule has 0 aromatic rings. The molecule has 2 rings (SSSR count). The molecule has 0 fully saturated rings. The maximum atomic E-state index is 4.45. The number of rotatable bonds is 3. The second kappa shape index (κ2) is 5.50. The zero-order chi connectivity index (χ0) is 10.3. The van der Waals surface area contributed by atoms with Crippen molar-refractivity contribution in [2.45, 2.75) is 25.7 Å². The zero-order valence-corrected chi connectivity index (χ0v) is 9.02. The third-order valence-corrected chi connectivity index (χ3v) is 2.61. The van der Waals surface area contributed by atoms with Crippen molar-refractivity contribution < 1.29 is 0 Å². The average molecular weight is 199 g/mol. The minimum Gasteiger partial charge on any atom is -0.288 e. The molecule has 0 amide bonds. The van der Waals surface area contributed by atoms with Gasteiger partial charge in [0.05, 0.1) is 6.54 Å². The number of hydrogen-bond donors (Lipinski definition) is 0. The number of allylic oxidation sites excluding steroid dienone is 6. The lowest BCUT2D eigenvalue weighted by molar-refractivity contribution is 0.996. The van der Waals surface area contributed by atoms with Gasteiger partial charge in [0.1, 0.15) is 0 Å². The van der Waals surface area contributed by atoms with E-state index in [1.807, 2.05) is 6.21 Å². The van der Waals surface area contributed by atoms with Crippen molar-refractivity contribution in [1.29, 1.82) is 0 Å². The van der Waals surface area contributed by atoms with Gasteiger partial charge in [0.15, 0.2) is 0 Å². The van der Waals surface area contributed by atoms with E-state index >= 15 is 0 Å². The van der Waals surface area contributed by atoms with Crippen LogP contribution < -0.4 is 0 Å². The van der Waals surface area contributed by atoms with Gasteiger partial charge < -0.3 is 0 Å². The van der Waals surface area contributed by atoms with Crippen LogP contribution in [0, 0.1) is 0 Å². The van der Waals surface area contributed by atoms with E-state index in [0.717, 1.165) is 13.0 Å². The van der Waals surface area contributed by atoms with Gasteiger partial charge in [0.25, 0.3) is 0 Å². The summed E-state index contributed by atoms with van der Waals surface area (Å²) in [4.78, 5) is 4.45.